The van der Waals surface area contributed by atoms with Gasteiger partial charge in [0.1, 0.15) is 12.4 Å². The molecule has 1 atom stereocenters. The number of benzene rings is 2. The van der Waals surface area contributed by atoms with Gasteiger partial charge in [-0.15, -0.1) is 0 Å². The van der Waals surface area contributed by atoms with Crippen LogP contribution in [0.25, 0.3) is 11.0 Å². The van der Waals surface area contributed by atoms with E-state index in [1.54, 1.807) is 18.2 Å². The highest BCUT2D eigenvalue weighted by atomic mass is 79.9. The molecular formula is C18H16BrN3O2. The number of amides is 1. The zero-order valence-electron chi connectivity index (χ0n) is 12.8. The Morgan fingerprint density at radius 3 is 2.92 bits per heavy atom. The van der Waals surface area contributed by atoms with Crippen molar-refractivity contribution < 1.29 is 9.90 Å². The number of nitrogens with zero attached hydrogens (tertiary/aromatic N) is 1. The highest BCUT2D eigenvalue weighted by Gasteiger charge is 2.23. The molecule has 0 spiro atoms. The van der Waals surface area contributed by atoms with Crippen molar-refractivity contribution in [1.82, 2.24) is 15.3 Å². The molecule has 5 nitrogen and oxygen atoms in total. The minimum atomic E-state index is -0.147. The molecule has 0 radical (unpaired) electrons. The number of aliphatic hydroxyl groups excluding tert-OH is 1. The van der Waals surface area contributed by atoms with Crippen molar-refractivity contribution in [3.8, 4) is 0 Å². The lowest BCUT2D eigenvalue weighted by Gasteiger charge is -2.12. The van der Waals surface area contributed by atoms with E-state index in [2.05, 4.69) is 43.3 Å². The van der Waals surface area contributed by atoms with E-state index in [0.717, 1.165) is 28.3 Å². The summed E-state index contributed by atoms with van der Waals surface area (Å²) < 4.78 is 1.07. The predicted octanol–water partition coefficient (Wildman–Crippen LogP) is 2.71. The van der Waals surface area contributed by atoms with Crippen LogP contribution in [-0.2, 0) is 19.4 Å². The van der Waals surface area contributed by atoms with Crippen LogP contribution in [0, 0.1) is 0 Å². The van der Waals surface area contributed by atoms with Gasteiger partial charge < -0.3 is 15.4 Å². The Labute approximate surface area is 147 Å². The molecule has 2 aromatic carbocycles. The van der Waals surface area contributed by atoms with E-state index in [1.165, 1.54) is 11.1 Å². The SMILES string of the molecule is O=C(NC1Cc2ccc(Br)cc2C1)c1ccc2nc(CO)[nH]c2c1. The number of carbonyl (C=O) groups excluding carboxylic acids is 1. The molecular weight excluding hydrogens is 370 g/mol. The number of fused-ring (bicyclic) bond motifs is 2. The molecule has 6 heteroatoms. The molecule has 0 fully saturated rings. The summed E-state index contributed by atoms with van der Waals surface area (Å²) in [6.07, 6.45) is 1.71. The number of halogens is 1. The lowest BCUT2D eigenvalue weighted by Crippen LogP contribution is -2.35. The molecule has 0 aliphatic heterocycles. The van der Waals surface area contributed by atoms with E-state index in [1.807, 2.05) is 6.07 Å². The molecule has 122 valence electrons. The van der Waals surface area contributed by atoms with Gasteiger partial charge in [0.15, 0.2) is 0 Å². The molecule has 1 aromatic heterocycles. The first-order valence-corrected chi connectivity index (χ1v) is 8.59. The topological polar surface area (TPSA) is 78.0 Å². The van der Waals surface area contributed by atoms with Gasteiger partial charge in [-0.2, -0.15) is 0 Å². The van der Waals surface area contributed by atoms with Gasteiger partial charge in [-0.3, -0.25) is 4.79 Å². The highest BCUT2D eigenvalue weighted by Crippen LogP contribution is 2.26. The Morgan fingerprint density at radius 1 is 1.25 bits per heavy atom. The third kappa shape index (κ3) is 2.83. The molecule has 4 rings (SSSR count). The average molecular weight is 386 g/mol. The molecule has 0 saturated carbocycles. The predicted molar refractivity (Wildman–Crippen MR) is 94.8 cm³/mol. The smallest absolute Gasteiger partial charge is 0.251 e. The molecule has 1 unspecified atom stereocenters. The monoisotopic (exact) mass is 385 g/mol. The fraction of sp³-hybridized carbons (Fsp3) is 0.222. The van der Waals surface area contributed by atoms with Crippen LogP contribution in [-0.4, -0.2) is 27.0 Å². The largest absolute Gasteiger partial charge is 0.388 e. The zero-order chi connectivity index (χ0) is 16.7. The van der Waals surface area contributed by atoms with Gasteiger partial charge in [0.05, 0.1) is 11.0 Å². The molecule has 1 aliphatic carbocycles. The molecule has 1 heterocycles. The minimum Gasteiger partial charge on any atom is -0.388 e. The number of imidazole rings is 1. The van der Waals surface area contributed by atoms with E-state index in [9.17, 15) is 4.79 Å². The zero-order valence-corrected chi connectivity index (χ0v) is 14.4. The van der Waals surface area contributed by atoms with Crippen molar-refractivity contribution in [1.29, 1.82) is 0 Å². The summed E-state index contributed by atoms with van der Waals surface area (Å²) in [5, 5.41) is 12.2. The Bertz CT molecular complexity index is 935. The first-order valence-electron chi connectivity index (χ1n) is 7.80. The van der Waals surface area contributed by atoms with E-state index in [4.69, 9.17) is 5.11 Å². The maximum Gasteiger partial charge on any atom is 0.251 e. The molecule has 3 N–H and O–H groups in total. The lowest BCUT2D eigenvalue weighted by atomic mass is 10.1. The van der Waals surface area contributed by atoms with E-state index < -0.39 is 0 Å². The molecule has 24 heavy (non-hydrogen) atoms. The minimum absolute atomic E-state index is 0.0890. The van der Waals surface area contributed by atoms with Crippen LogP contribution < -0.4 is 5.32 Å². The van der Waals surface area contributed by atoms with Crippen LogP contribution in [0.5, 0.6) is 0 Å². The second-order valence-electron chi connectivity index (χ2n) is 6.07. The number of aliphatic hydroxyl groups is 1. The van der Waals surface area contributed by atoms with Crippen molar-refractivity contribution >= 4 is 32.9 Å². The van der Waals surface area contributed by atoms with Crippen LogP contribution in [0.2, 0.25) is 0 Å². The highest BCUT2D eigenvalue weighted by molar-refractivity contribution is 9.10. The summed E-state index contributed by atoms with van der Waals surface area (Å²) >= 11 is 3.49. The van der Waals surface area contributed by atoms with Crippen LogP contribution in [0.3, 0.4) is 0 Å². The van der Waals surface area contributed by atoms with Gasteiger partial charge in [-0.25, -0.2) is 4.98 Å². The Hall–Kier alpha value is -2.18. The number of nitrogens with one attached hydrogen (secondary N) is 2. The third-order valence-electron chi connectivity index (χ3n) is 4.38. The number of aromatic nitrogens is 2. The fourth-order valence-corrected chi connectivity index (χ4v) is 3.64. The molecule has 0 bridgehead atoms. The lowest BCUT2D eigenvalue weighted by molar-refractivity contribution is 0.0938. The summed E-state index contributed by atoms with van der Waals surface area (Å²) in [5.74, 6) is 0.410. The normalized spacial score (nSPS) is 16.3. The molecule has 0 saturated heterocycles. The standard InChI is InChI=1S/C18H16BrN3O2/c19-13-3-1-10-6-14(7-12(10)5-13)20-18(24)11-2-4-15-16(8-11)22-17(9-23)21-15/h1-5,8,14,23H,6-7,9H2,(H,20,24)(H,21,22). The van der Waals surface area contributed by atoms with Gasteiger partial charge in [-0.05, 0) is 54.3 Å². The Balaban J connectivity index is 1.50. The van der Waals surface area contributed by atoms with Crippen molar-refractivity contribution in [2.45, 2.75) is 25.5 Å². The quantitative estimate of drug-likeness (QED) is 0.648. The van der Waals surface area contributed by atoms with E-state index in [0.29, 0.717) is 11.4 Å². The Kier molecular flexibility index (Phi) is 3.86. The number of hydrogen-bond donors (Lipinski definition) is 3. The summed E-state index contributed by atoms with van der Waals surface area (Å²) in [7, 11) is 0. The van der Waals surface area contributed by atoms with Crippen molar-refractivity contribution in [2.24, 2.45) is 0 Å². The van der Waals surface area contributed by atoms with Gasteiger partial charge in [0.25, 0.3) is 5.91 Å². The maximum atomic E-state index is 12.5. The second-order valence-corrected chi connectivity index (χ2v) is 6.98. The summed E-state index contributed by atoms with van der Waals surface area (Å²) in [6, 6.07) is 11.7. The average Bonchev–Trinajstić information content (AvgIpc) is 3.16. The summed E-state index contributed by atoms with van der Waals surface area (Å²) in [4.78, 5) is 19.8. The van der Waals surface area contributed by atoms with Crippen LogP contribution in [0.1, 0.15) is 27.3 Å². The first kappa shape index (κ1) is 15.4. The second kappa shape index (κ2) is 6.03. The van der Waals surface area contributed by atoms with Gasteiger partial charge in [-0.1, -0.05) is 22.0 Å². The number of aromatic amines is 1. The summed E-state index contributed by atoms with van der Waals surface area (Å²) in [6.45, 7) is -0.147. The van der Waals surface area contributed by atoms with Crippen molar-refractivity contribution in [2.75, 3.05) is 0 Å². The number of carbonyl (C=O) groups is 1. The fourth-order valence-electron chi connectivity index (χ4n) is 3.24. The third-order valence-corrected chi connectivity index (χ3v) is 4.87. The van der Waals surface area contributed by atoms with Crippen molar-refractivity contribution in [3.63, 3.8) is 0 Å². The van der Waals surface area contributed by atoms with Gasteiger partial charge in [0, 0.05) is 16.1 Å². The number of H-pyrrole nitrogens is 1. The number of rotatable bonds is 3. The summed E-state index contributed by atoms with van der Waals surface area (Å²) in [5.41, 5.74) is 4.67. The van der Waals surface area contributed by atoms with E-state index >= 15 is 0 Å². The molecule has 3 aromatic rings. The Morgan fingerprint density at radius 2 is 2.08 bits per heavy atom. The van der Waals surface area contributed by atoms with Crippen LogP contribution >= 0.6 is 15.9 Å². The maximum absolute atomic E-state index is 12.5. The van der Waals surface area contributed by atoms with Crippen LogP contribution in [0.15, 0.2) is 40.9 Å². The van der Waals surface area contributed by atoms with Crippen LogP contribution in [0.4, 0.5) is 0 Å². The van der Waals surface area contributed by atoms with E-state index in [-0.39, 0.29) is 18.6 Å². The van der Waals surface area contributed by atoms with Crippen molar-refractivity contribution in [3.05, 3.63) is 63.4 Å². The molecule has 1 aliphatic rings. The first-order chi connectivity index (χ1) is 11.6. The van der Waals surface area contributed by atoms with Gasteiger partial charge >= 0.3 is 0 Å². The molecule has 1 amide bonds. The van der Waals surface area contributed by atoms with Gasteiger partial charge in [0.2, 0.25) is 0 Å². The number of hydrogen-bond acceptors (Lipinski definition) is 3.